The lowest BCUT2D eigenvalue weighted by atomic mass is 9.98. The lowest BCUT2D eigenvalue weighted by molar-refractivity contribution is 0.148. The highest BCUT2D eigenvalue weighted by molar-refractivity contribution is 5.50. The van der Waals surface area contributed by atoms with Crippen molar-refractivity contribution in [2.75, 3.05) is 5.73 Å². The molecule has 1 aromatic carbocycles. The van der Waals surface area contributed by atoms with Crippen molar-refractivity contribution in [1.82, 2.24) is 0 Å². The molecule has 0 heterocycles. The molecule has 0 bridgehead atoms. The molecule has 0 spiro atoms. The first-order valence-corrected chi connectivity index (χ1v) is 5.89. The molecule has 1 aromatic rings. The second kappa shape index (κ2) is 4.73. The van der Waals surface area contributed by atoms with Gasteiger partial charge in [-0.05, 0) is 44.2 Å². The van der Waals surface area contributed by atoms with Gasteiger partial charge in [-0.2, -0.15) is 0 Å². The van der Waals surface area contributed by atoms with Gasteiger partial charge in [0.1, 0.15) is 0 Å². The Hall–Kier alpha value is -1.25. The second-order valence-corrected chi connectivity index (χ2v) is 4.52. The summed E-state index contributed by atoms with van der Waals surface area (Å²) in [6.07, 6.45) is 5.86. The topological polar surface area (TPSA) is 35.2 Å². The summed E-state index contributed by atoms with van der Waals surface area (Å²) in [6.45, 7) is 1.86. The van der Waals surface area contributed by atoms with Crippen molar-refractivity contribution in [3.8, 4) is 5.75 Å². The highest BCUT2D eigenvalue weighted by Gasteiger charge is 2.17. The fourth-order valence-electron chi connectivity index (χ4n) is 2.12. The van der Waals surface area contributed by atoms with Crippen LogP contribution in [0.2, 0.25) is 0 Å². The number of anilines is 1. The third-order valence-corrected chi connectivity index (χ3v) is 3.17. The minimum absolute atomic E-state index is 0.172. The lowest BCUT2D eigenvalue weighted by Gasteiger charge is -2.23. The summed E-state index contributed by atoms with van der Waals surface area (Å²) in [4.78, 5) is 0. The smallest absolute Gasteiger partial charge is 0.167 e. The van der Waals surface area contributed by atoms with Crippen LogP contribution in [0.15, 0.2) is 12.1 Å². The maximum Gasteiger partial charge on any atom is 0.167 e. The van der Waals surface area contributed by atoms with E-state index in [2.05, 4.69) is 0 Å². The van der Waals surface area contributed by atoms with Crippen molar-refractivity contribution in [1.29, 1.82) is 0 Å². The highest BCUT2D eigenvalue weighted by atomic mass is 19.1. The van der Waals surface area contributed by atoms with Crippen LogP contribution in [-0.2, 0) is 0 Å². The van der Waals surface area contributed by atoms with Crippen molar-refractivity contribution in [2.45, 2.75) is 45.1 Å². The van der Waals surface area contributed by atoms with E-state index in [4.69, 9.17) is 10.5 Å². The van der Waals surface area contributed by atoms with Gasteiger partial charge in [-0.1, -0.05) is 6.42 Å². The zero-order valence-corrected chi connectivity index (χ0v) is 9.63. The van der Waals surface area contributed by atoms with Crippen LogP contribution in [0.4, 0.5) is 10.1 Å². The first-order valence-electron chi connectivity index (χ1n) is 5.89. The predicted octanol–water partition coefficient (Wildman–Crippen LogP) is 3.43. The predicted molar refractivity (Wildman–Crippen MR) is 63.1 cm³/mol. The standard InChI is InChI=1S/C13H18FNO/c1-9-7-13(11(14)8-12(9)15)16-10-5-3-2-4-6-10/h7-8,10H,2-6,15H2,1H3. The van der Waals surface area contributed by atoms with E-state index >= 15 is 0 Å². The van der Waals surface area contributed by atoms with Gasteiger partial charge in [0.15, 0.2) is 11.6 Å². The van der Waals surface area contributed by atoms with E-state index in [0.29, 0.717) is 11.4 Å². The van der Waals surface area contributed by atoms with Crippen molar-refractivity contribution < 1.29 is 9.13 Å². The van der Waals surface area contributed by atoms with Crippen molar-refractivity contribution in [3.05, 3.63) is 23.5 Å². The van der Waals surface area contributed by atoms with Crippen molar-refractivity contribution in [3.63, 3.8) is 0 Å². The van der Waals surface area contributed by atoms with Gasteiger partial charge in [0.05, 0.1) is 6.10 Å². The molecule has 16 heavy (non-hydrogen) atoms. The molecule has 1 fully saturated rings. The summed E-state index contributed by atoms with van der Waals surface area (Å²) in [7, 11) is 0. The first-order chi connectivity index (χ1) is 7.66. The van der Waals surface area contributed by atoms with E-state index in [1.807, 2.05) is 6.92 Å². The number of nitrogens with two attached hydrogens (primary N) is 1. The van der Waals surface area contributed by atoms with Crippen molar-refractivity contribution >= 4 is 5.69 Å². The number of aryl methyl sites for hydroxylation is 1. The maximum atomic E-state index is 13.6. The Labute approximate surface area is 95.6 Å². The van der Waals surface area contributed by atoms with E-state index in [1.165, 1.54) is 25.3 Å². The second-order valence-electron chi connectivity index (χ2n) is 4.52. The Morgan fingerprint density at radius 2 is 1.94 bits per heavy atom. The largest absolute Gasteiger partial charge is 0.487 e. The Bertz CT molecular complexity index is 372. The van der Waals surface area contributed by atoms with E-state index in [9.17, 15) is 4.39 Å². The Balaban J connectivity index is 2.11. The quantitative estimate of drug-likeness (QED) is 0.779. The molecule has 0 aliphatic heterocycles. The molecule has 2 rings (SSSR count). The molecular formula is C13H18FNO. The normalized spacial score (nSPS) is 17.4. The molecular weight excluding hydrogens is 205 g/mol. The molecule has 3 heteroatoms. The van der Waals surface area contributed by atoms with Crippen LogP contribution < -0.4 is 10.5 Å². The van der Waals surface area contributed by atoms with Gasteiger partial charge in [0.25, 0.3) is 0 Å². The van der Waals surface area contributed by atoms with Gasteiger partial charge in [0.2, 0.25) is 0 Å². The molecule has 0 saturated heterocycles. The van der Waals surface area contributed by atoms with Gasteiger partial charge in [-0.25, -0.2) is 4.39 Å². The van der Waals surface area contributed by atoms with Crippen LogP contribution >= 0.6 is 0 Å². The molecule has 0 unspecified atom stereocenters. The van der Waals surface area contributed by atoms with Gasteiger partial charge in [-0.3, -0.25) is 0 Å². The third kappa shape index (κ3) is 2.46. The SMILES string of the molecule is Cc1cc(OC2CCCCC2)c(F)cc1N. The minimum Gasteiger partial charge on any atom is -0.487 e. The summed E-state index contributed by atoms with van der Waals surface area (Å²) in [5.41, 5.74) is 6.98. The molecule has 0 amide bonds. The average molecular weight is 223 g/mol. The summed E-state index contributed by atoms with van der Waals surface area (Å²) in [5.74, 6) is -0.00715. The van der Waals surface area contributed by atoms with Gasteiger partial charge >= 0.3 is 0 Å². The van der Waals surface area contributed by atoms with E-state index < -0.39 is 0 Å². The number of halogens is 1. The molecule has 1 saturated carbocycles. The Kier molecular flexibility index (Phi) is 3.32. The van der Waals surface area contributed by atoms with E-state index in [1.54, 1.807) is 6.07 Å². The summed E-state index contributed by atoms with van der Waals surface area (Å²) < 4.78 is 19.3. The summed E-state index contributed by atoms with van der Waals surface area (Å²) in [5, 5.41) is 0. The number of hydrogen-bond donors (Lipinski definition) is 1. The highest BCUT2D eigenvalue weighted by Crippen LogP contribution is 2.28. The molecule has 1 aliphatic rings. The Morgan fingerprint density at radius 3 is 2.62 bits per heavy atom. The van der Waals surface area contributed by atoms with Crippen LogP contribution in [-0.4, -0.2) is 6.10 Å². The molecule has 1 aliphatic carbocycles. The monoisotopic (exact) mass is 223 g/mol. The summed E-state index contributed by atoms with van der Waals surface area (Å²) in [6, 6.07) is 3.03. The van der Waals surface area contributed by atoms with Crippen LogP contribution in [0, 0.1) is 12.7 Å². The average Bonchev–Trinajstić information content (AvgIpc) is 2.27. The Morgan fingerprint density at radius 1 is 1.25 bits per heavy atom. The van der Waals surface area contributed by atoms with E-state index in [0.717, 1.165) is 18.4 Å². The van der Waals surface area contributed by atoms with Crippen LogP contribution in [0.25, 0.3) is 0 Å². The third-order valence-electron chi connectivity index (χ3n) is 3.17. The summed E-state index contributed by atoms with van der Waals surface area (Å²) >= 11 is 0. The van der Waals surface area contributed by atoms with Gasteiger partial charge in [-0.15, -0.1) is 0 Å². The van der Waals surface area contributed by atoms with Crippen LogP contribution in [0.1, 0.15) is 37.7 Å². The minimum atomic E-state index is -0.353. The van der Waals surface area contributed by atoms with Crippen molar-refractivity contribution in [2.24, 2.45) is 0 Å². The fraction of sp³-hybridized carbons (Fsp3) is 0.538. The number of ether oxygens (including phenoxy) is 1. The lowest BCUT2D eigenvalue weighted by Crippen LogP contribution is -2.20. The maximum absolute atomic E-state index is 13.6. The number of rotatable bonds is 2. The number of hydrogen-bond acceptors (Lipinski definition) is 2. The zero-order valence-electron chi connectivity index (χ0n) is 9.63. The molecule has 0 radical (unpaired) electrons. The molecule has 0 atom stereocenters. The van der Waals surface area contributed by atoms with Crippen LogP contribution in [0.5, 0.6) is 5.75 Å². The molecule has 0 aromatic heterocycles. The zero-order chi connectivity index (χ0) is 11.5. The van der Waals surface area contributed by atoms with Crippen LogP contribution in [0.3, 0.4) is 0 Å². The number of benzene rings is 1. The fourth-order valence-corrected chi connectivity index (χ4v) is 2.12. The van der Waals surface area contributed by atoms with E-state index in [-0.39, 0.29) is 11.9 Å². The molecule has 2 N–H and O–H groups in total. The van der Waals surface area contributed by atoms with Gasteiger partial charge in [0, 0.05) is 11.8 Å². The first kappa shape index (κ1) is 11.2. The number of nitrogen functional groups attached to an aromatic ring is 1. The van der Waals surface area contributed by atoms with Gasteiger partial charge < -0.3 is 10.5 Å². The molecule has 88 valence electrons. The molecule has 2 nitrogen and oxygen atoms in total.